The summed E-state index contributed by atoms with van der Waals surface area (Å²) in [7, 11) is -5.99. The molecule has 12 nitrogen and oxygen atoms in total. The van der Waals surface area contributed by atoms with Crippen LogP contribution >= 0.6 is 0 Å². The molecule has 9 unspecified atom stereocenters. The SMILES string of the molecule is CC(=O)OC1C(=O)OC2C3OC4(OC3OC12)C1CC2C[C@H]4CC(OC(=O)C(F)(F)S(=O)(=O)O)(C2)C1. The topological polar surface area (TPSA) is 161 Å². The Morgan fingerprint density at radius 1 is 1.09 bits per heavy atom. The number of carbonyl (C=O) groups excluding carboxylic acids is 3. The van der Waals surface area contributed by atoms with Crippen LogP contribution in [0.5, 0.6) is 0 Å². The third-order valence-corrected chi connectivity index (χ3v) is 8.86. The smallest absolute Gasteiger partial charge is 0.454 e. The molecule has 0 aromatic carbocycles. The molecule has 35 heavy (non-hydrogen) atoms. The van der Waals surface area contributed by atoms with Gasteiger partial charge in [0, 0.05) is 18.8 Å². The molecule has 7 aliphatic rings. The van der Waals surface area contributed by atoms with Crippen molar-refractivity contribution in [2.24, 2.45) is 17.8 Å². The van der Waals surface area contributed by atoms with Gasteiger partial charge in [0.15, 0.2) is 24.3 Å². The normalized spacial score (nSPS) is 47.5. The molecule has 0 aromatic heterocycles. The van der Waals surface area contributed by atoms with Gasteiger partial charge in [0.1, 0.15) is 11.7 Å². The lowest BCUT2D eigenvalue weighted by atomic mass is 9.51. The molecule has 4 bridgehead atoms. The second-order valence-electron chi connectivity index (χ2n) is 10.2. The van der Waals surface area contributed by atoms with Crippen LogP contribution < -0.4 is 0 Å². The maximum Gasteiger partial charge on any atom is 0.465 e. The van der Waals surface area contributed by atoms with Crippen LogP contribution in [0.3, 0.4) is 0 Å². The Bertz CT molecular complexity index is 1090. The van der Waals surface area contributed by atoms with Gasteiger partial charge in [0.25, 0.3) is 0 Å². The molecule has 0 aromatic rings. The predicted octanol–water partition coefficient (Wildman–Crippen LogP) is 0.283. The minimum absolute atomic E-state index is 0.00393. The fourth-order valence-electron chi connectivity index (χ4n) is 7.02. The zero-order valence-corrected chi connectivity index (χ0v) is 19.1. The number of esters is 3. The minimum atomic E-state index is -5.99. The summed E-state index contributed by atoms with van der Waals surface area (Å²) in [6, 6.07) is 0. The summed E-state index contributed by atoms with van der Waals surface area (Å²) in [6.45, 7) is 1.15. The van der Waals surface area contributed by atoms with Crippen molar-refractivity contribution < 1.29 is 64.6 Å². The maximum atomic E-state index is 13.9. The van der Waals surface area contributed by atoms with E-state index in [9.17, 15) is 31.6 Å². The van der Waals surface area contributed by atoms with Crippen molar-refractivity contribution in [3.8, 4) is 0 Å². The van der Waals surface area contributed by atoms with Crippen molar-refractivity contribution in [1.82, 2.24) is 0 Å². The van der Waals surface area contributed by atoms with E-state index in [0.717, 1.165) is 6.92 Å². The summed E-state index contributed by atoms with van der Waals surface area (Å²) >= 11 is 0. The van der Waals surface area contributed by atoms with E-state index in [0.29, 0.717) is 12.8 Å². The number of fused-ring (bicyclic) bond motifs is 3. The summed E-state index contributed by atoms with van der Waals surface area (Å²) < 4.78 is 92.4. The van der Waals surface area contributed by atoms with Crippen molar-refractivity contribution in [2.45, 2.75) is 86.4 Å². The highest BCUT2D eigenvalue weighted by Gasteiger charge is 2.74. The lowest BCUT2D eigenvalue weighted by Crippen LogP contribution is -2.66. The Labute approximate surface area is 197 Å². The van der Waals surface area contributed by atoms with Crippen molar-refractivity contribution in [2.75, 3.05) is 0 Å². The third-order valence-electron chi connectivity index (χ3n) is 8.05. The number of carbonyl (C=O) groups is 3. The third kappa shape index (κ3) is 3.21. The number of rotatable bonds is 4. The van der Waals surface area contributed by atoms with E-state index in [1.807, 2.05) is 0 Å². The number of ether oxygens (including phenoxy) is 6. The van der Waals surface area contributed by atoms with Crippen molar-refractivity contribution in [1.29, 1.82) is 0 Å². The molecule has 15 heteroatoms. The van der Waals surface area contributed by atoms with E-state index >= 15 is 0 Å². The summed E-state index contributed by atoms with van der Waals surface area (Å²) in [5, 5.41) is -5.08. The minimum Gasteiger partial charge on any atom is -0.454 e. The molecule has 7 fully saturated rings. The fourth-order valence-corrected chi connectivity index (χ4v) is 7.28. The van der Waals surface area contributed by atoms with Crippen LogP contribution in [0.2, 0.25) is 0 Å². The van der Waals surface area contributed by atoms with Gasteiger partial charge in [-0.25, -0.2) is 9.59 Å². The van der Waals surface area contributed by atoms with E-state index in [2.05, 4.69) is 0 Å². The molecule has 3 aliphatic heterocycles. The maximum absolute atomic E-state index is 13.9. The van der Waals surface area contributed by atoms with Gasteiger partial charge in [-0.2, -0.15) is 17.2 Å². The van der Waals surface area contributed by atoms with Gasteiger partial charge in [-0.15, -0.1) is 0 Å². The van der Waals surface area contributed by atoms with Crippen molar-refractivity contribution >= 4 is 28.0 Å². The Morgan fingerprint density at radius 2 is 1.74 bits per heavy atom. The molecule has 1 spiro atoms. The van der Waals surface area contributed by atoms with Gasteiger partial charge < -0.3 is 28.4 Å². The molecule has 3 heterocycles. The molecule has 1 N–H and O–H groups in total. The lowest BCUT2D eigenvalue weighted by molar-refractivity contribution is -0.343. The highest BCUT2D eigenvalue weighted by molar-refractivity contribution is 7.87. The van der Waals surface area contributed by atoms with Crippen LogP contribution in [-0.2, 0) is 52.9 Å². The Kier molecular flexibility index (Phi) is 4.75. The Hall–Kier alpha value is -1.94. The lowest BCUT2D eigenvalue weighted by Gasteiger charge is -2.62. The molecule has 0 radical (unpaired) electrons. The fraction of sp³-hybridized carbons (Fsp3) is 0.850. The first kappa shape index (κ1) is 23.5. The quantitative estimate of drug-likeness (QED) is 0.304. The average molecular weight is 524 g/mol. The van der Waals surface area contributed by atoms with E-state index in [4.69, 9.17) is 33.0 Å². The summed E-state index contributed by atoms with van der Waals surface area (Å²) in [5.74, 6) is -5.72. The average Bonchev–Trinajstić information content (AvgIpc) is 3.34. The number of halogens is 2. The highest BCUT2D eigenvalue weighted by Crippen LogP contribution is 2.65. The standard InChI is InChI=1S/C20H22F2O12S/c1-7(23)29-13-11-12(30-15(13)24)14-16(31-11)33-19(32-14)9-2-8-3-10(19)6-18(4-8,5-9)34-17(25)20(21,22)35(26,27)28/h8-14,16H,2-6H2,1H3,(H,26,27,28)/t8?,9-,10?,11?,12?,13?,14?,16?,18?,19?/m0/s1. The molecule has 0 amide bonds. The van der Waals surface area contributed by atoms with Crippen LogP contribution in [0.15, 0.2) is 0 Å². The second-order valence-corrected chi connectivity index (χ2v) is 11.7. The first-order chi connectivity index (χ1) is 16.2. The largest absolute Gasteiger partial charge is 0.465 e. The molecule has 4 saturated carbocycles. The number of alkyl halides is 2. The van der Waals surface area contributed by atoms with Gasteiger partial charge in [-0.3, -0.25) is 9.35 Å². The van der Waals surface area contributed by atoms with Gasteiger partial charge in [-0.1, -0.05) is 0 Å². The van der Waals surface area contributed by atoms with Crippen LogP contribution in [0.25, 0.3) is 0 Å². The van der Waals surface area contributed by atoms with Crippen LogP contribution in [0.1, 0.15) is 39.0 Å². The summed E-state index contributed by atoms with van der Waals surface area (Å²) in [5.41, 5.74) is -1.35. The monoisotopic (exact) mass is 524 g/mol. The van der Waals surface area contributed by atoms with Crippen LogP contribution in [0, 0.1) is 17.8 Å². The highest BCUT2D eigenvalue weighted by atomic mass is 32.2. The second kappa shape index (κ2) is 7.09. The first-order valence-electron chi connectivity index (χ1n) is 11.2. The molecule has 3 saturated heterocycles. The molecule has 7 rings (SSSR count). The van der Waals surface area contributed by atoms with E-state index in [1.54, 1.807) is 0 Å². The van der Waals surface area contributed by atoms with Crippen molar-refractivity contribution in [3.05, 3.63) is 0 Å². The van der Waals surface area contributed by atoms with Crippen LogP contribution in [-0.4, -0.2) is 78.2 Å². The summed E-state index contributed by atoms with van der Waals surface area (Å²) in [4.78, 5) is 35.6. The van der Waals surface area contributed by atoms with E-state index < -0.39 is 87.2 Å². The van der Waals surface area contributed by atoms with Gasteiger partial charge in [0.05, 0.1) is 0 Å². The van der Waals surface area contributed by atoms with E-state index in [-0.39, 0.29) is 25.2 Å². The molecule has 10 atom stereocenters. The molecule has 4 aliphatic carbocycles. The predicted molar refractivity (Wildman–Crippen MR) is 102 cm³/mol. The van der Waals surface area contributed by atoms with Gasteiger partial charge in [-0.05, 0) is 38.0 Å². The van der Waals surface area contributed by atoms with Crippen LogP contribution in [0.4, 0.5) is 8.78 Å². The van der Waals surface area contributed by atoms with Gasteiger partial charge >= 0.3 is 33.3 Å². The number of hydrogen-bond acceptors (Lipinski definition) is 11. The Morgan fingerprint density at radius 3 is 2.34 bits per heavy atom. The van der Waals surface area contributed by atoms with E-state index in [1.165, 1.54) is 0 Å². The molecular formula is C20H22F2O12S. The zero-order valence-electron chi connectivity index (χ0n) is 18.3. The number of hydrogen-bond donors (Lipinski definition) is 1. The molecule has 194 valence electrons. The first-order valence-corrected chi connectivity index (χ1v) is 12.7. The van der Waals surface area contributed by atoms with Crippen molar-refractivity contribution in [3.63, 3.8) is 0 Å². The summed E-state index contributed by atoms with van der Waals surface area (Å²) in [6.07, 6.45) is -3.11. The Balaban J connectivity index is 1.21. The zero-order chi connectivity index (χ0) is 25.1. The molecular weight excluding hydrogens is 502 g/mol. The van der Waals surface area contributed by atoms with Gasteiger partial charge in [0.2, 0.25) is 6.10 Å².